The van der Waals surface area contributed by atoms with Gasteiger partial charge in [-0.05, 0) is 7.05 Å². The quantitative estimate of drug-likeness (QED) is 0.607. The zero-order valence-corrected chi connectivity index (χ0v) is 9.16. The zero-order chi connectivity index (χ0) is 9.61. The highest BCUT2D eigenvalue weighted by molar-refractivity contribution is 7.91. The number of halogens is 1. The van der Waals surface area contributed by atoms with Crippen molar-refractivity contribution < 1.29 is 8.42 Å². The topological polar surface area (TPSA) is 37.4 Å². The summed E-state index contributed by atoms with van der Waals surface area (Å²) in [7, 11) is -0.949. The van der Waals surface area contributed by atoms with Gasteiger partial charge in [-0.3, -0.25) is 0 Å². The fourth-order valence-electron chi connectivity index (χ4n) is 0.695. The van der Waals surface area contributed by atoms with E-state index in [1.807, 2.05) is 11.9 Å². The molecule has 0 amide bonds. The number of hydrogen-bond acceptors (Lipinski definition) is 3. The molecule has 0 aliphatic carbocycles. The van der Waals surface area contributed by atoms with Gasteiger partial charge in [-0.1, -0.05) is 6.92 Å². The van der Waals surface area contributed by atoms with E-state index in [1.165, 1.54) is 0 Å². The number of alkyl halides is 1. The first-order valence-corrected chi connectivity index (χ1v) is 6.32. The van der Waals surface area contributed by atoms with Crippen LogP contribution >= 0.6 is 11.6 Å². The third-order valence-electron chi connectivity index (χ3n) is 1.69. The maximum absolute atomic E-state index is 11.0. The molecule has 0 aromatic heterocycles. The van der Waals surface area contributed by atoms with Gasteiger partial charge in [0.05, 0.1) is 5.75 Å². The van der Waals surface area contributed by atoms with E-state index in [9.17, 15) is 8.42 Å². The van der Waals surface area contributed by atoms with Crippen LogP contribution in [0.4, 0.5) is 0 Å². The summed E-state index contributed by atoms with van der Waals surface area (Å²) in [6, 6.07) is 0. The Kier molecular flexibility index (Phi) is 5.88. The second-order valence-corrected chi connectivity index (χ2v) is 5.58. The monoisotopic (exact) mass is 213 g/mol. The second-order valence-electron chi connectivity index (χ2n) is 2.73. The van der Waals surface area contributed by atoms with Crippen molar-refractivity contribution in [2.75, 3.05) is 37.5 Å². The van der Waals surface area contributed by atoms with Gasteiger partial charge >= 0.3 is 0 Å². The molecule has 0 aromatic carbocycles. The maximum atomic E-state index is 11.0. The molecule has 0 N–H and O–H groups in total. The van der Waals surface area contributed by atoms with Gasteiger partial charge in [-0.15, -0.1) is 11.6 Å². The van der Waals surface area contributed by atoms with E-state index in [4.69, 9.17) is 11.6 Å². The summed E-state index contributed by atoms with van der Waals surface area (Å²) in [6.45, 7) is 2.97. The Labute approximate surface area is 79.6 Å². The van der Waals surface area contributed by atoms with Crippen molar-refractivity contribution >= 4 is 21.4 Å². The predicted molar refractivity (Wildman–Crippen MR) is 52.5 cm³/mol. The molecule has 0 unspecified atom stereocenters. The molecule has 0 radical (unpaired) electrons. The zero-order valence-electron chi connectivity index (χ0n) is 7.59. The first kappa shape index (κ1) is 12.2. The second kappa shape index (κ2) is 5.78. The van der Waals surface area contributed by atoms with Crippen LogP contribution in [0.3, 0.4) is 0 Å². The van der Waals surface area contributed by atoms with Gasteiger partial charge in [0, 0.05) is 24.7 Å². The summed E-state index contributed by atoms with van der Waals surface area (Å²) < 4.78 is 22.1. The van der Waals surface area contributed by atoms with Crippen molar-refractivity contribution in [3.8, 4) is 0 Å². The normalized spacial score (nSPS) is 12.3. The minimum absolute atomic E-state index is 0.224. The van der Waals surface area contributed by atoms with Crippen molar-refractivity contribution in [2.45, 2.75) is 6.92 Å². The van der Waals surface area contributed by atoms with Crippen LogP contribution in [0.2, 0.25) is 0 Å². The van der Waals surface area contributed by atoms with Crippen molar-refractivity contribution in [3.05, 3.63) is 0 Å². The summed E-state index contributed by atoms with van der Waals surface area (Å²) in [6.07, 6.45) is 0. The molecule has 0 saturated carbocycles. The number of hydrogen-bond donors (Lipinski definition) is 0. The average Bonchev–Trinajstić information content (AvgIpc) is 2.02. The van der Waals surface area contributed by atoms with Crippen LogP contribution in [0.1, 0.15) is 6.92 Å². The van der Waals surface area contributed by atoms with E-state index in [2.05, 4.69) is 0 Å². The highest BCUT2D eigenvalue weighted by atomic mass is 35.5. The van der Waals surface area contributed by atoms with E-state index >= 15 is 0 Å². The van der Waals surface area contributed by atoms with Crippen LogP contribution in [0.15, 0.2) is 0 Å². The van der Waals surface area contributed by atoms with Crippen LogP contribution in [-0.2, 0) is 9.84 Å². The molecule has 0 rings (SSSR count). The van der Waals surface area contributed by atoms with Crippen molar-refractivity contribution in [1.29, 1.82) is 0 Å². The molecule has 0 saturated heterocycles. The lowest BCUT2D eigenvalue weighted by molar-refractivity contribution is 0.375. The molecule has 12 heavy (non-hydrogen) atoms. The van der Waals surface area contributed by atoms with E-state index in [0.717, 1.165) is 6.54 Å². The van der Waals surface area contributed by atoms with Gasteiger partial charge < -0.3 is 4.90 Å². The molecule has 0 aliphatic heterocycles. The van der Waals surface area contributed by atoms with Crippen molar-refractivity contribution in [1.82, 2.24) is 4.90 Å². The first-order chi connectivity index (χ1) is 5.52. The SMILES string of the molecule is CCS(=O)(=O)CCN(C)CCCl. The Morgan fingerprint density at radius 3 is 2.33 bits per heavy atom. The van der Waals surface area contributed by atoms with Crippen molar-refractivity contribution in [2.24, 2.45) is 0 Å². The molecule has 74 valence electrons. The maximum Gasteiger partial charge on any atom is 0.151 e. The standard InChI is InChI=1S/C7H16ClNO2S/c1-3-12(10,11)7-6-9(2)5-4-8/h3-7H2,1-2H3. The number of nitrogens with zero attached hydrogens (tertiary/aromatic N) is 1. The highest BCUT2D eigenvalue weighted by Gasteiger charge is 2.08. The lowest BCUT2D eigenvalue weighted by Crippen LogP contribution is -2.27. The molecular weight excluding hydrogens is 198 g/mol. The molecule has 3 nitrogen and oxygen atoms in total. The van der Waals surface area contributed by atoms with Gasteiger partial charge in [-0.2, -0.15) is 0 Å². The predicted octanol–water partition coefficient (Wildman–Crippen LogP) is 0.592. The Morgan fingerprint density at radius 1 is 1.33 bits per heavy atom. The number of sulfone groups is 1. The Hall–Kier alpha value is 0.200. The van der Waals surface area contributed by atoms with Gasteiger partial charge in [-0.25, -0.2) is 8.42 Å². The Bertz CT molecular complexity index is 203. The third kappa shape index (κ3) is 5.80. The van der Waals surface area contributed by atoms with Crippen LogP contribution in [-0.4, -0.2) is 50.8 Å². The van der Waals surface area contributed by atoms with Gasteiger partial charge in [0.25, 0.3) is 0 Å². The minimum atomic E-state index is -2.82. The van der Waals surface area contributed by atoms with E-state index < -0.39 is 9.84 Å². The van der Waals surface area contributed by atoms with Crippen LogP contribution < -0.4 is 0 Å². The smallest absolute Gasteiger partial charge is 0.151 e. The summed E-state index contributed by atoms with van der Waals surface area (Å²) in [5.74, 6) is 1.00. The summed E-state index contributed by atoms with van der Waals surface area (Å²) in [5.41, 5.74) is 0. The molecule has 0 aliphatic rings. The number of rotatable bonds is 6. The Balaban J connectivity index is 3.68. The third-order valence-corrected chi connectivity index (χ3v) is 3.54. The molecule has 0 bridgehead atoms. The summed E-state index contributed by atoms with van der Waals surface area (Å²) in [5, 5.41) is 0. The van der Waals surface area contributed by atoms with Gasteiger partial charge in [0.1, 0.15) is 0 Å². The summed E-state index contributed by atoms with van der Waals surface area (Å²) >= 11 is 5.49. The minimum Gasteiger partial charge on any atom is -0.304 e. The highest BCUT2D eigenvalue weighted by Crippen LogP contribution is 1.92. The molecular formula is C7H16ClNO2S. The van der Waals surface area contributed by atoms with Crippen molar-refractivity contribution in [3.63, 3.8) is 0 Å². The van der Waals surface area contributed by atoms with Crippen LogP contribution in [0.25, 0.3) is 0 Å². The van der Waals surface area contributed by atoms with E-state index in [-0.39, 0.29) is 11.5 Å². The largest absolute Gasteiger partial charge is 0.304 e. The molecule has 0 spiro atoms. The fourth-order valence-corrected chi connectivity index (χ4v) is 1.86. The van der Waals surface area contributed by atoms with E-state index in [0.29, 0.717) is 12.4 Å². The molecule has 0 fully saturated rings. The molecule has 0 atom stereocenters. The summed E-state index contributed by atoms with van der Waals surface area (Å²) in [4.78, 5) is 1.92. The fraction of sp³-hybridized carbons (Fsp3) is 1.00. The first-order valence-electron chi connectivity index (χ1n) is 3.96. The van der Waals surface area contributed by atoms with Crippen LogP contribution in [0.5, 0.6) is 0 Å². The van der Waals surface area contributed by atoms with Gasteiger partial charge in [0.2, 0.25) is 0 Å². The van der Waals surface area contributed by atoms with Gasteiger partial charge in [0.15, 0.2) is 9.84 Å². The average molecular weight is 214 g/mol. The molecule has 0 heterocycles. The van der Waals surface area contributed by atoms with E-state index in [1.54, 1.807) is 6.92 Å². The molecule has 5 heteroatoms. The molecule has 0 aromatic rings. The van der Waals surface area contributed by atoms with Crippen LogP contribution in [0, 0.1) is 0 Å². The lowest BCUT2D eigenvalue weighted by atomic mass is 10.6. The Morgan fingerprint density at radius 2 is 1.92 bits per heavy atom. The lowest BCUT2D eigenvalue weighted by Gasteiger charge is -2.13.